The molecule has 3 heteroatoms. The van der Waals surface area contributed by atoms with Crippen LogP contribution in [0.4, 0.5) is 0 Å². The van der Waals surface area contributed by atoms with E-state index in [0.717, 1.165) is 37.9 Å². The number of benzene rings is 1. The lowest BCUT2D eigenvalue weighted by Gasteiger charge is -2.04. The summed E-state index contributed by atoms with van der Waals surface area (Å²) < 4.78 is 0. The molecule has 1 aromatic carbocycles. The van der Waals surface area contributed by atoms with Crippen molar-refractivity contribution in [3.05, 3.63) is 35.4 Å². The second kappa shape index (κ2) is 7.48. The Bertz CT molecular complexity index is 390. The highest BCUT2D eigenvalue weighted by Crippen LogP contribution is 2.04. The van der Waals surface area contributed by atoms with Crippen molar-refractivity contribution in [2.45, 2.75) is 25.8 Å². The zero-order chi connectivity index (χ0) is 12.5. The summed E-state index contributed by atoms with van der Waals surface area (Å²) in [5.74, 6) is 1.72. The first-order valence-corrected chi connectivity index (χ1v) is 5.70. The number of carboxylic acids is 1. The Hall–Kier alpha value is -1.79. The minimum Gasteiger partial charge on any atom is -0.478 e. The molecule has 0 saturated heterocycles. The number of terminal acetylenes is 1. The minimum atomic E-state index is -0.890. The van der Waals surface area contributed by atoms with Gasteiger partial charge in [-0.1, -0.05) is 12.1 Å². The molecule has 90 valence electrons. The van der Waals surface area contributed by atoms with Crippen molar-refractivity contribution < 1.29 is 9.90 Å². The Morgan fingerprint density at radius 3 is 2.59 bits per heavy atom. The summed E-state index contributed by atoms with van der Waals surface area (Å²) in [5.41, 5.74) is 1.41. The molecule has 2 N–H and O–H groups in total. The molecule has 1 rings (SSSR count). The summed E-state index contributed by atoms with van der Waals surface area (Å²) in [4.78, 5) is 10.6. The molecule has 3 nitrogen and oxygen atoms in total. The van der Waals surface area contributed by atoms with E-state index in [9.17, 15) is 4.79 Å². The van der Waals surface area contributed by atoms with Crippen LogP contribution in [0.1, 0.15) is 35.2 Å². The first kappa shape index (κ1) is 13.3. The molecular formula is C14H17NO2. The molecule has 0 saturated carbocycles. The first-order chi connectivity index (χ1) is 8.24. The van der Waals surface area contributed by atoms with Crippen molar-refractivity contribution >= 4 is 5.97 Å². The van der Waals surface area contributed by atoms with Crippen LogP contribution >= 0.6 is 0 Å². The highest BCUT2D eigenvalue weighted by atomic mass is 16.4. The monoisotopic (exact) mass is 231 g/mol. The molecule has 1 aromatic rings. The fourth-order valence-electron chi connectivity index (χ4n) is 1.47. The van der Waals surface area contributed by atoms with Gasteiger partial charge in [0.25, 0.3) is 0 Å². The van der Waals surface area contributed by atoms with Gasteiger partial charge in [-0.25, -0.2) is 4.79 Å². The predicted octanol–water partition coefficient (Wildman–Crippen LogP) is 2.28. The molecular weight excluding hydrogens is 214 g/mol. The number of nitrogens with one attached hydrogen (secondary N) is 1. The highest BCUT2D eigenvalue weighted by Gasteiger charge is 2.00. The standard InChI is InChI=1S/C14H17NO2/c1-2-3-4-5-10-15-11-12-6-8-13(9-7-12)14(16)17/h1,6-9,15H,3-5,10-11H2,(H,16,17). The molecule has 0 atom stereocenters. The SMILES string of the molecule is C#CCCCCNCc1ccc(C(=O)O)cc1. The molecule has 0 aliphatic carbocycles. The van der Waals surface area contributed by atoms with Crippen molar-refractivity contribution in [2.75, 3.05) is 6.54 Å². The predicted molar refractivity (Wildman–Crippen MR) is 67.8 cm³/mol. The second-order valence-electron chi connectivity index (χ2n) is 3.84. The fraction of sp³-hybridized carbons (Fsp3) is 0.357. The van der Waals surface area contributed by atoms with E-state index >= 15 is 0 Å². The number of rotatable bonds is 7. The van der Waals surface area contributed by atoms with Crippen LogP contribution in [0.3, 0.4) is 0 Å². The topological polar surface area (TPSA) is 49.3 Å². The van der Waals surface area contributed by atoms with Crippen LogP contribution in [-0.4, -0.2) is 17.6 Å². The van der Waals surface area contributed by atoms with E-state index in [1.807, 2.05) is 12.1 Å². The smallest absolute Gasteiger partial charge is 0.335 e. The van der Waals surface area contributed by atoms with E-state index in [4.69, 9.17) is 11.5 Å². The van der Waals surface area contributed by atoms with Gasteiger partial charge in [-0.05, 0) is 37.1 Å². The summed E-state index contributed by atoms with van der Waals surface area (Å²) >= 11 is 0. The van der Waals surface area contributed by atoms with Gasteiger partial charge in [0.15, 0.2) is 0 Å². The van der Waals surface area contributed by atoms with E-state index in [1.54, 1.807) is 12.1 Å². The summed E-state index contributed by atoms with van der Waals surface area (Å²) in [6.45, 7) is 1.69. The van der Waals surface area contributed by atoms with Crippen molar-refractivity contribution in [1.82, 2.24) is 5.32 Å². The molecule has 0 fully saturated rings. The first-order valence-electron chi connectivity index (χ1n) is 5.70. The van der Waals surface area contributed by atoms with Crippen LogP contribution in [0.5, 0.6) is 0 Å². The van der Waals surface area contributed by atoms with Crippen LogP contribution in [0, 0.1) is 12.3 Å². The Balaban J connectivity index is 2.23. The molecule has 0 radical (unpaired) electrons. The number of carbonyl (C=O) groups is 1. The van der Waals surface area contributed by atoms with Gasteiger partial charge in [-0.15, -0.1) is 12.3 Å². The van der Waals surface area contributed by atoms with Crippen LogP contribution < -0.4 is 5.32 Å². The third kappa shape index (κ3) is 5.19. The van der Waals surface area contributed by atoms with Gasteiger partial charge in [0.2, 0.25) is 0 Å². The van der Waals surface area contributed by atoms with E-state index in [1.165, 1.54) is 0 Å². The Kier molecular flexibility index (Phi) is 5.84. The van der Waals surface area contributed by atoms with Crippen molar-refractivity contribution in [3.8, 4) is 12.3 Å². The summed E-state index contributed by atoms with van der Waals surface area (Å²) in [7, 11) is 0. The molecule has 0 unspecified atom stereocenters. The third-order valence-corrected chi connectivity index (χ3v) is 2.45. The largest absolute Gasteiger partial charge is 0.478 e. The summed E-state index contributed by atoms with van der Waals surface area (Å²) in [6.07, 6.45) is 8.09. The summed E-state index contributed by atoms with van der Waals surface area (Å²) in [6, 6.07) is 6.91. The summed E-state index contributed by atoms with van der Waals surface area (Å²) in [5, 5.41) is 12.0. The van der Waals surface area contributed by atoms with E-state index in [2.05, 4.69) is 11.2 Å². The highest BCUT2D eigenvalue weighted by molar-refractivity contribution is 5.87. The van der Waals surface area contributed by atoms with Crippen molar-refractivity contribution in [2.24, 2.45) is 0 Å². The van der Waals surface area contributed by atoms with E-state index in [-0.39, 0.29) is 0 Å². The zero-order valence-corrected chi connectivity index (χ0v) is 9.78. The lowest BCUT2D eigenvalue weighted by Crippen LogP contribution is -2.14. The minimum absolute atomic E-state index is 0.322. The van der Waals surface area contributed by atoms with Gasteiger partial charge in [0.1, 0.15) is 0 Å². The third-order valence-electron chi connectivity index (χ3n) is 2.45. The van der Waals surface area contributed by atoms with Gasteiger partial charge >= 0.3 is 5.97 Å². The number of carboxylic acid groups (broad SMARTS) is 1. The second-order valence-corrected chi connectivity index (χ2v) is 3.84. The maximum Gasteiger partial charge on any atom is 0.335 e. The molecule has 0 aliphatic rings. The lowest BCUT2D eigenvalue weighted by molar-refractivity contribution is 0.0697. The average Bonchev–Trinajstić information content (AvgIpc) is 2.34. The Morgan fingerprint density at radius 2 is 2.00 bits per heavy atom. The van der Waals surface area contributed by atoms with Crippen LogP contribution in [0.15, 0.2) is 24.3 Å². The molecule has 0 bridgehead atoms. The Labute approximate surface area is 102 Å². The normalized spacial score (nSPS) is 9.82. The average molecular weight is 231 g/mol. The van der Waals surface area contributed by atoms with Gasteiger partial charge in [0, 0.05) is 13.0 Å². The van der Waals surface area contributed by atoms with Crippen LogP contribution in [0.2, 0.25) is 0 Å². The molecule has 0 spiro atoms. The quantitative estimate of drug-likeness (QED) is 0.559. The molecule has 17 heavy (non-hydrogen) atoms. The van der Waals surface area contributed by atoms with E-state index in [0.29, 0.717) is 5.56 Å². The molecule has 0 amide bonds. The number of hydrogen-bond donors (Lipinski definition) is 2. The van der Waals surface area contributed by atoms with Gasteiger partial charge in [-0.3, -0.25) is 0 Å². The van der Waals surface area contributed by atoms with Crippen LogP contribution in [0.25, 0.3) is 0 Å². The fourth-order valence-corrected chi connectivity index (χ4v) is 1.47. The Morgan fingerprint density at radius 1 is 1.29 bits per heavy atom. The zero-order valence-electron chi connectivity index (χ0n) is 9.78. The number of aromatic carboxylic acids is 1. The molecule has 0 aromatic heterocycles. The van der Waals surface area contributed by atoms with Crippen molar-refractivity contribution in [3.63, 3.8) is 0 Å². The number of unbranched alkanes of at least 4 members (excludes halogenated alkanes) is 2. The van der Waals surface area contributed by atoms with E-state index < -0.39 is 5.97 Å². The molecule has 0 heterocycles. The van der Waals surface area contributed by atoms with Gasteiger partial charge < -0.3 is 10.4 Å². The van der Waals surface area contributed by atoms with Crippen molar-refractivity contribution in [1.29, 1.82) is 0 Å². The van der Waals surface area contributed by atoms with Crippen LogP contribution in [-0.2, 0) is 6.54 Å². The maximum atomic E-state index is 10.6. The molecule has 0 aliphatic heterocycles. The lowest BCUT2D eigenvalue weighted by atomic mass is 10.1. The van der Waals surface area contributed by atoms with Gasteiger partial charge in [0.05, 0.1) is 5.56 Å². The number of hydrogen-bond acceptors (Lipinski definition) is 2. The maximum absolute atomic E-state index is 10.6. The van der Waals surface area contributed by atoms with Gasteiger partial charge in [-0.2, -0.15) is 0 Å².